The molecule has 2 aromatic carbocycles. The van der Waals surface area contributed by atoms with Gasteiger partial charge >= 0.3 is 6.18 Å². The highest BCUT2D eigenvalue weighted by molar-refractivity contribution is 5.77. The highest BCUT2D eigenvalue weighted by atomic mass is 19.4. The summed E-state index contributed by atoms with van der Waals surface area (Å²) in [6, 6.07) is 9.67. The third-order valence-electron chi connectivity index (χ3n) is 4.44. The molecule has 0 atom stereocenters. The largest absolute Gasteiger partial charge is 0.508 e. The second-order valence-electron chi connectivity index (χ2n) is 6.63. The number of anilines is 3. The van der Waals surface area contributed by atoms with Crippen LogP contribution in [0.5, 0.6) is 5.75 Å². The van der Waals surface area contributed by atoms with E-state index in [1.807, 2.05) is 6.07 Å². The van der Waals surface area contributed by atoms with Crippen molar-refractivity contribution in [3.63, 3.8) is 0 Å². The van der Waals surface area contributed by atoms with Crippen molar-refractivity contribution in [3.05, 3.63) is 69.3 Å². The van der Waals surface area contributed by atoms with Crippen LogP contribution in [0.2, 0.25) is 0 Å². The van der Waals surface area contributed by atoms with Crippen LogP contribution in [-0.4, -0.2) is 15.0 Å². The van der Waals surface area contributed by atoms with Crippen molar-refractivity contribution in [1.29, 1.82) is 5.26 Å². The number of nitrogens with two attached hydrogens (primary N) is 1. The molecule has 0 radical (unpaired) electrons. The van der Waals surface area contributed by atoms with Crippen molar-refractivity contribution in [2.75, 3.05) is 11.1 Å². The van der Waals surface area contributed by atoms with E-state index >= 15 is 0 Å². The summed E-state index contributed by atoms with van der Waals surface area (Å²) in [5, 5.41) is 40.0. The molecule has 0 unspecified atom stereocenters. The Kier molecular flexibility index (Phi) is 6.11. The van der Waals surface area contributed by atoms with Gasteiger partial charge in [0.05, 0.1) is 21.7 Å². The molecule has 0 aliphatic heterocycles. The Morgan fingerprint density at radius 3 is 2.45 bits per heavy atom. The number of alkyl halides is 3. The topological polar surface area (TPSA) is 163 Å². The summed E-state index contributed by atoms with van der Waals surface area (Å²) in [7, 11) is 0. The molecule has 3 aromatic rings. The number of aromatic nitrogens is 1. The van der Waals surface area contributed by atoms with Crippen LogP contribution < -0.4 is 11.1 Å². The van der Waals surface area contributed by atoms with Crippen molar-refractivity contribution in [2.24, 2.45) is 10.2 Å². The molecular formula is C20H14F3N7O3. The highest BCUT2D eigenvalue weighted by Crippen LogP contribution is 2.40. The number of aromatic hydroxyl groups is 1. The number of hydrogen-bond donors (Lipinski definition) is 3. The zero-order chi connectivity index (χ0) is 24.3. The second kappa shape index (κ2) is 8.79. The lowest BCUT2D eigenvalue weighted by atomic mass is 10.1. The number of azo groups is 1. The number of nitrogen functional groups attached to an aromatic ring is 1. The Bertz CT molecular complexity index is 1300. The number of non-ortho nitro benzene ring substituents is 1. The molecule has 0 amide bonds. The Hall–Kier alpha value is -4.73. The van der Waals surface area contributed by atoms with Gasteiger partial charge in [-0.15, -0.1) is 10.2 Å². The summed E-state index contributed by atoms with van der Waals surface area (Å²) in [5.74, 6) is -0.141. The van der Waals surface area contributed by atoms with Gasteiger partial charge in [0.1, 0.15) is 23.3 Å². The lowest BCUT2D eigenvalue weighted by Crippen LogP contribution is -2.06. The first-order valence-electron chi connectivity index (χ1n) is 9.05. The van der Waals surface area contributed by atoms with Gasteiger partial charge in [-0.05, 0) is 37.3 Å². The molecule has 33 heavy (non-hydrogen) atoms. The third-order valence-corrected chi connectivity index (χ3v) is 4.44. The number of nitrogens with zero attached hydrogens (tertiary/aromatic N) is 5. The normalized spacial score (nSPS) is 11.4. The van der Waals surface area contributed by atoms with Crippen molar-refractivity contribution in [1.82, 2.24) is 4.98 Å². The summed E-state index contributed by atoms with van der Waals surface area (Å²) in [5.41, 5.74) is 3.56. The number of nitro benzene ring substituents is 1. The maximum absolute atomic E-state index is 13.4. The number of rotatable bonds is 5. The molecule has 0 aliphatic rings. The monoisotopic (exact) mass is 457 g/mol. The number of pyridine rings is 1. The maximum atomic E-state index is 13.4. The Balaban J connectivity index is 2.13. The van der Waals surface area contributed by atoms with E-state index in [-0.39, 0.29) is 34.2 Å². The summed E-state index contributed by atoms with van der Waals surface area (Å²) in [4.78, 5) is 14.0. The minimum Gasteiger partial charge on any atom is -0.508 e. The quantitative estimate of drug-likeness (QED) is 0.193. The smallest absolute Gasteiger partial charge is 0.418 e. The summed E-state index contributed by atoms with van der Waals surface area (Å²) < 4.78 is 40.3. The van der Waals surface area contributed by atoms with Crippen molar-refractivity contribution in [2.45, 2.75) is 13.1 Å². The molecular weight excluding hydrogens is 443 g/mol. The fourth-order valence-corrected chi connectivity index (χ4v) is 2.81. The van der Waals surface area contributed by atoms with E-state index in [0.29, 0.717) is 11.8 Å². The molecule has 1 aromatic heterocycles. The minimum absolute atomic E-state index is 0.00166. The molecule has 168 valence electrons. The van der Waals surface area contributed by atoms with Crippen LogP contribution in [0.25, 0.3) is 0 Å². The predicted octanol–water partition coefficient (Wildman–Crippen LogP) is 5.64. The van der Waals surface area contributed by atoms with Crippen molar-refractivity contribution < 1.29 is 23.2 Å². The zero-order valence-electron chi connectivity index (χ0n) is 16.8. The lowest BCUT2D eigenvalue weighted by Gasteiger charge is -2.13. The first kappa shape index (κ1) is 22.9. The Morgan fingerprint density at radius 2 is 1.88 bits per heavy atom. The molecule has 1 heterocycles. The van der Waals surface area contributed by atoms with Crippen LogP contribution in [0, 0.1) is 28.4 Å². The van der Waals surface area contributed by atoms with Crippen LogP contribution in [0.4, 0.5) is 47.6 Å². The van der Waals surface area contributed by atoms with Crippen LogP contribution >= 0.6 is 0 Å². The van der Waals surface area contributed by atoms with Crippen molar-refractivity contribution in [3.8, 4) is 11.8 Å². The van der Waals surface area contributed by atoms with E-state index in [1.54, 1.807) is 0 Å². The standard InChI is InChI=1S/C20H14F3N7O3/c1-10-14(9-24)18(25)27-19(26-11-2-5-13(31)6-3-11)17(10)29-28-16-7-4-12(30(32)33)8-15(16)20(21,22)23/h2-8,31H,1H3,(H3,25,26,27)/b29-28+. The van der Waals surface area contributed by atoms with Gasteiger partial charge in [0, 0.05) is 23.4 Å². The van der Waals surface area contributed by atoms with E-state index in [2.05, 4.69) is 20.5 Å². The van der Waals surface area contributed by atoms with Gasteiger partial charge in [0.2, 0.25) is 0 Å². The van der Waals surface area contributed by atoms with Gasteiger partial charge in [-0.1, -0.05) is 0 Å². The Morgan fingerprint density at radius 1 is 1.21 bits per heavy atom. The van der Waals surface area contributed by atoms with Crippen LogP contribution in [0.3, 0.4) is 0 Å². The first-order valence-corrected chi connectivity index (χ1v) is 9.05. The number of phenols is 1. The number of phenolic OH excluding ortho intramolecular Hbond substituents is 1. The molecule has 0 saturated heterocycles. The Labute approximate surface area is 184 Å². The fourth-order valence-electron chi connectivity index (χ4n) is 2.81. The number of nitro groups is 1. The third kappa shape index (κ3) is 4.96. The molecule has 0 saturated carbocycles. The van der Waals surface area contributed by atoms with Crippen molar-refractivity contribution >= 4 is 34.4 Å². The van der Waals surface area contributed by atoms with Gasteiger partial charge in [-0.2, -0.15) is 18.4 Å². The van der Waals surface area contributed by atoms with Crippen LogP contribution in [-0.2, 0) is 6.18 Å². The van der Waals surface area contributed by atoms with Gasteiger partial charge in [-0.3, -0.25) is 10.1 Å². The van der Waals surface area contributed by atoms with E-state index in [0.717, 1.165) is 12.1 Å². The average Bonchev–Trinajstić information content (AvgIpc) is 2.74. The molecule has 13 heteroatoms. The van der Waals surface area contributed by atoms with Gasteiger partial charge in [-0.25, -0.2) is 4.98 Å². The summed E-state index contributed by atoms with van der Waals surface area (Å²) in [6.07, 6.45) is -4.93. The number of hydrogen-bond acceptors (Lipinski definition) is 9. The van der Waals surface area contributed by atoms with Gasteiger partial charge in [0.15, 0.2) is 5.82 Å². The van der Waals surface area contributed by atoms with Crippen LogP contribution in [0.15, 0.2) is 52.7 Å². The molecule has 0 bridgehead atoms. The van der Waals surface area contributed by atoms with Gasteiger partial charge < -0.3 is 16.2 Å². The van der Waals surface area contributed by atoms with Crippen LogP contribution in [0.1, 0.15) is 16.7 Å². The first-order chi connectivity index (χ1) is 15.5. The number of benzene rings is 2. The molecule has 10 nitrogen and oxygen atoms in total. The maximum Gasteiger partial charge on any atom is 0.418 e. The average molecular weight is 457 g/mol. The molecule has 0 spiro atoms. The predicted molar refractivity (Wildman–Crippen MR) is 112 cm³/mol. The summed E-state index contributed by atoms with van der Waals surface area (Å²) in [6.45, 7) is 1.47. The number of nitrogens with one attached hydrogen (secondary N) is 1. The molecule has 4 N–H and O–H groups in total. The molecule has 3 rings (SSSR count). The summed E-state index contributed by atoms with van der Waals surface area (Å²) >= 11 is 0. The highest BCUT2D eigenvalue weighted by Gasteiger charge is 2.35. The van der Waals surface area contributed by atoms with E-state index in [9.17, 15) is 33.7 Å². The van der Waals surface area contributed by atoms with E-state index in [4.69, 9.17) is 5.73 Å². The number of nitriles is 1. The van der Waals surface area contributed by atoms with E-state index < -0.39 is 28.0 Å². The second-order valence-corrected chi connectivity index (χ2v) is 6.63. The lowest BCUT2D eigenvalue weighted by molar-refractivity contribution is -0.385. The fraction of sp³-hybridized carbons (Fsp3) is 0.100. The molecule has 0 fully saturated rings. The SMILES string of the molecule is Cc1c(C#N)c(N)nc(Nc2ccc(O)cc2)c1/N=N/c1ccc([N+](=O)[O-])cc1C(F)(F)F. The molecule has 0 aliphatic carbocycles. The van der Waals surface area contributed by atoms with E-state index in [1.165, 1.54) is 31.2 Å². The van der Waals surface area contributed by atoms with Gasteiger partial charge in [0.25, 0.3) is 5.69 Å². The zero-order valence-corrected chi connectivity index (χ0v) is 16.8. The number of halogens is 3. The minimum atomic E-state index is -4.93.